The maximum absolute atomic E-state index is 14.8. The Bertz CT molecular complexity index is 1150. The normalized spacial score (nSPS) is 18.2. The summed E-state index contributed by atoms with van der Waals surface area (Å²) in [5, 5.41) is 17.8. The van der Waals surface area contributed by atoms with Gasteiger partial charge in [0.1, 0.15) is 11.6 Å². The molecule has 3 aromatic rings. The minimum absolute atomic E-state index is 0.0392. The largest absolute Gasteiger partial charge is 0.507 e. The van der Waals surface area contributed by atoms with Gasteiger partial charge in [-0.3, -0.25) is 19.7 Å². The molecule has 0 spiro atoms. The van der Waals surface area contributed by atoms with Gasteiger partial charge in [0.15, 0.2) is 0 Å². The number of halogens is 1. The van der Waals surface area contributed by atoms with Gasteiger partial charge in [-0.25, -0.2) is 4.39 Å². The summed E-state index contributed by atoms with van der Waals surface area (Å²) in [5.74, 6) is -2.64. The Hall–Kier alpha value is -3.81. The second-order valence-corrected chi connectivity index (χ2v) is 7.12. The SMILES string of the molecule is Cc1n[nH]c(C)c1C(O)=C1C(=O)C(=O)N(Cc2cccnc2)C1c1ccccc1F. The molecule has 7 nitrogen and oxygen atoms in total. The van der Waals surface area contributed by atoms with Crippen LogP contribution in [0.4, 0.5) is 4.39 Å². The first-order valence-corrected chi connectivity index (χ1v) is 9.33. The van der Waals surface area contributed by atoms with Crippen molar-refractivity contribution in [2.24, 2.45) is 0 Å². The number of hydrogen-bond acceptors (Lipinski definition) is 5. The minimum atomic E-state index is -1.08. The first-order valence-electron chi connectivity index (χ1n) is 9.33. The first kappa shape index (κ1) is 19.5. The van der Waals surface area contributed by atoms with Crippen molar-refractivity contribution >= 4 is 17.4 Å². The minimum Gasteiger partial charge on any atom is -0.507 e. The molecular weight excluding hydrogens is 387 g/mol. The van der Waals surface area contributed by atoms with Gasteiger partial charge in [0.2, 0.25) is 0 Å². The number of hydrogen-bond donors (Lipinski definition) is 2. The molecular formula is C22H19FN4O3. The average molecular weight is 406 g/mol. The number of rotatable bonds is 4. The molecule has 0 bridgehead atoms. The lowest BCUT2D eigenvalue weighted by molar-refractivity contribution is -0.140. The molecule has 1 amide bonds. The lowest BCUT2D eigenvalue weighted by atomic mass is 9.94. The van der Waals surface area contributed by atoms with E-state index in [0.717, 1.165) is 0 Å². The van der Waals surface area contributed by atoms with Crippen LogP contribution in [0.3, 0.4) is 0 Å². The van der Waals surface area contributed by atoms with Crippen molar-refractivity contribution in [2.75, 3.05) is 0 Å². The third kappa shape index (κ3) is 3.16. The van der Waals surface area contributed by atoms with E-state index in [0.29, 0.717) is 22.5 Å². The summed E-state index contributed by atoms with van der Waals surface area (Å²) in [5.41, 5.74) is 1.97. The van der Waals surface area contributed by atoms with E-state index in [-0.39, 0.29) is 23.4 Å². The van der Waals surface area contributed by atoms with Crippen molar-refractivity contribution in [3.8, 4) is 0 Å². The zero-order valence-electron chi connectivity index (χ0n) is 16.4. The van der Waals surface area contributed by atoms with Crippen LogP contribution in [0.5, 0.6) is 0 Å². The van der Waals surface area contributed by atoms with E-state index in [2.05, 4.69) is 15.2 Å². The number of aromatic amines is 1. The number of aliphatic hydroxyl groups is 1. The second-order valence-electron chi connectivity index (χ2n) is 7.12. The number of carbonyl (C=O) groups is 2. The third-order valence-electron chi connectivity index (χ3n) is 5.18. The van der Waals surface area contributed by atoms with Crippen LogP contribution in [0.15, 0.2) is 54.4 Å². The van der Waals surface area contributed by atoms with Crippen LogP contribution in [0, 0.1) is 19.7 Å². The summed E-state index contributed by atoms with van der Waals surface area (Å²) in [6.45, 7) is 3.40. The van der Waals surface area contributed by atoms with E-state index in [1.165, 1.54) is 23.1 Å². The summed E-state index contributed by atoms with van der Waals surface area (Å²) in [4.78, 5) is 31.2. The summed E-state index contributed by atoms with van der Waals surface area (Å²) in [6.07, 6.45) is 3.17. The number of aliphatic hydroxyl groups excluding tert-OH is 1. The molecule has 1 unspecified atom stereocenters. The van der Waals surface area contributed by atoms with E-state index in [1.807, 2.05) is 0 Å². The molecule has 1 atom stereocenters. The number of pyridine rings is 1. The number of ketones is 1. The van der Waals surface area contributed by atoms with Gasteiger partial charge in [-0.2, -0.15) is 5.10 Å². The number of likely N-dealkylation sites (tertiary alicyclic amines) is 1. The number of H-pyrrole nitrogens is 1. The molecule has 2 N–H and O–H groups in total. The first-order chi connectivity index (χ1) is 14.4. The number of nitrogens with one attached hydrogen (secondary N) is 1. The van der Waals surface area contributed by atoms with E-state index >= 15 is 0 Å². The molecule has 1 aliphatic heterocycles. The van der Waals surface area contributed by atoms with Crippen LogP contribution >= 0.6 is 0 Å². The molecule has 30 heavy (non-hydrogen) atoms. The Morgan fingerprint density at radius 3 is 2.60 bits per heavy atom. The molecule has 1 aromatic carbocycles. The zero-order valence-corrected chi connectivity index (χ0v) is 16.4. The number of benzene rings is 1. The lowest BCUT2D eigenvalue weighted by Gasteiger charge is -2.25. The lowest BCUT2D eigenvalue weighted by Crippen LogP contribution is -2.29. The summed E-state index contributed by atoms with van der Waals surface area (Å²) < 4.78 is 14.8. The van der Waals surface area contributed by atoms with Crippen LogP contribution in [0.2, 0.25) is 0 Å². The van der Waals surface area contributed by atoms with Crippen molar-refractivity contribution in [1.82, 2.24) is 20.1 Å². The standard InChI is InChI=1S/C22H19FN4O3/c1-12-17(13(2)26-25-12)20(28)18-19(15-7-3-4-8-16(15)23)27(22(30)21(18)29)11-14-6-5-9-24-10-14/h3-10,19,28H,11H2,1-2H3,(H,25,26). The van der Waals surface area contributed by atoms with Crippen LogP contribution in [0.1, 0.15) is 34.1 Å². The number of carbonyl (C=O) groups excluding carboxylic acids is 2. The van der Waals surface area contributed by atoms with Crippen molar-refractivity contribution < 1.29 is 19.1 Å². The molecule has 0 radical (unpaired) electrons. The number of aromatic nitrogens is 3. The number of aryl methyl sites for hydroxylation is 2. The Balaban J connectivity index is 1.92. The third-order valence-corrected chi connectivity index (χ3v) is 5.18. The molecule has 2 aromatic heterocycles. The van der Waals surface area contributed by atoms with Gasteiger partial charge in [0, 0.05) is 30.2 Å². The Morgan fingerprint density at radius 1 is 1.20 bits per heavy atom. The summed E-state index contributed by atoms with van der Waals surface area (Å²) in [6, 6.07) is 8.29. The monoisotopic (exact) mass is 406 g/mol. The molecule has 1 aliphatic rings. The topological polar surface area (TPSA) is 99.2 Å². The van der Waals surface area contributed by atoms with Gasteiger partial charge in [-0.1, -0.05) is 24.3 Å². The highest BCUT2D eigenvalue weighted by Gasteiger charge is 2.47. The highest BCUT2D eigenvalue weighted by atomic mass is 19.1. The second kappa shape index (κ2) is 7.55. The van der Waals surface area contributed by atoms with Gasteiger partial charge < -0.3 is 10.0 Å². The fraction of sp³-hybridized carbons (Fsp3) is 0.182. The molecule has 3 heterocycles. The fourth-order valence-corrected chi connectivity index (χ4v) is 3.79. The summed E-state index contributed by atoms with van der Waals surface area (Å²) >= 11 is 0. The maximum Gasteiger partial charge on any atom is 0.295 e. The molecule has 152 valence electrons. The van der Waals surface area contributed by atoms with Gasteiger partial charge in [0.25, 0.3) is 11.7 Å². The Labute approximate surface area is 171 Å². The highest BCUT2D eigenvalue weighted by Crippen LogP contribution is 2.41. The highest BCUT2D eigenvalue weighted by molar-refractivity contribution is 6.46. The van der Waals surface area contributed by atoms with Gasteiger partial charge in [-0.15, -0.1) is 0 Å². The number of nitrogens with zero attached hydrogens (tertiary/aromatic N) is 3. The molecule has 8 heteroatoms. The molecule has 0 saturated carbocycles. The van der Waals surface area contributed by atoms with Crippen LogP contribution in [-0.2, 0) is 16.1 Å². The molecule has 1 fully saturated rings. The summed E-state index contributed by atoms with van der Waals surface area (Å²) in [7, 11) is 0. The van der Waals surface area contributed by atoms with E-state index < -0.39 is 23.5 Å². The van der Waals surface area contributed by atoms with Gasteiger partial charge >= 0.3 is 0 Å². The van der Waals surface area contributed by atoms with Crippen molar-refractivity contribution in [3.63, 3.8) is 0 Å². The Morgan fingerprint density at radius 2 is 1.97 bits per heavy atom. The van der Waals surface area contributed by atoms with Crippen LogP contribution in [-0.4, -0.2) is 36.9 Å². The zero-order chi connectivity index (χ0) is 21.4. The smallest absolute Gasteiger partial charge is 0.295 e. The fourth-order valence-electron chi connectivity index (χ4n) is 3.79. The predicted molar refractivity (Wildman–Crippen MR) is 107 cm³/mol. The predicted octanol–water partition coefficient (Wildman–Crippen LogP) is 3.18. The quantitative estimate of drug-likeness (QED) is 0.394. The van der Waals surface area contributed by atoms with Crippen LogP contribution < -0.4 is 0 Å². The Kier molecular flexibility index (Phi) is 4.91. The van der Waals surface area contributed by atoms with E-state index in [9.17, 15) is 19.1 Å². The molecule has 0 aliphatic carbocycles. The average Bonchev–Trinajstić information content (AvgIpc) is 3.20. The van der Waals surface area contributed by atoms with Crippen LogP contribution in [0.25, 0.3) is 5.76 Å². The van der Waals surface area contributed by atoms with Crippen molar-refractivity contribution in [3.05, 3.63) is 88.3 Å². The van der Waals surface area contributed by atoms with Crippen molar-refractivity contribution in [1.29, 1.82) is 0 Å². The van der Waals surface area contributed by atoms with E-state index in [1.54, 1.807) is 44.4 Å². The maximum atomic E-state index is 14.8. The number of Topliss-reactive ketones (excluding diaryl/α,β-unsaturated/α-hetero) is 1. The van der Waals surface area contributed by atoms with Crippen molar-refractivity contribution in [2.45, 2.75) is 26.4 Å². The van der Waals surface area contributed by atoms with Gasteiger partial charge in [0.05, 0.1) is 22.9 Å². The van der Waals surface area contributed by atoms with E-state index in [4.69, 9.17) is 0 Å². The number of amides is 1. The van der Waals surface area contributed by atoms with Gasteiger partial charge in [-0.05, 0) is 31.5 Å². The molecule has 1 saturated heterocycles. The molecule has 4 rings (SSSR count).